The molecule has 8 heteroatoms. The van der Waals surface area contributed by atoms with Gasteiger partial charge in [-0.15, -0.1) is 0 Å². The van der Waals surface area contributed by atoms with E-state index in [9.17, 15) is 26.4 Å². The van der Waals surface area contributed by atoms with Crippen LogP contribution in [0.1, 0.15) is 19.3 Å². The van der Waals surface area contributed by atoms with Gasteiger partial charge >= 0.3 is 6.18 Å². The summed E-state index contributed by atoms with van der Waals surface area (Å²) < 4.78 is 61.2. The van der Waals surface area contributed by atoms with Crippen LogP contribution in [0.2, 0.25) is 0 Å². The van der Waals surface area contributed by atoms with Crippen LogP contribution in [0.25, 0.3) is 0 Å². The Kier molecular flexibility index (Phi) is 4.79. The zero-order chi connectivity index (χ0) is 16.4. The number of rotatable bonds is 4. The number of halogens is 3. The summed E-state index contributed by atoms with van der Waals surface area (Å²) in [5.41, 5.74) is 0. The van der Waals surface area contributed by atoms with Crippen molar-refractivity contribution < 1.29 is 26.4 Å². The highest BCUT2D eigenvalue weighted by Gasteiger charge is 2.37. The molecule has 0 aromatic heterocycles. The first-order valence-corrected chi connectivity index (χ1v) is 8.38. The molecule has 22 heavy (non-hydrogen) atoms. The van der Waals surface area contributed by atoms with E-state index < -0.39 is 40.0 Å². The van der Waals surface area contributed by atoms with Gasteiger partial charge in [-0.1, -0.05) is 18.2 Å². The molecule has 0 saturated carbocycles. The van der Waals surface area contributed by atoms with Crippen LogP contribution in [0.15, 0.2) is 35.2 Å². The zero-order valence-electron chi connectivity index (χ0n) is 11.7. The van der Waals surface area contributed by atoms with E-state index in [1.54, 1.807) is 18.2 Å². The molecule has 1 amide bonds. The van der Waals surface area contributed by atoms with Crippen molar-refractivity contribution in [3.05, 3.63) is 30.3 Å². The number of hydrogen-bond donors (Lipinski definition) is 0. The van der Waals surface area contributed by atoms with Gasteiger partial charge < -0.3 is 4.90 Å². The second-order valence-electron chi connectivity index (χ2n) is 5.22. The highest BCUT2D eigenvalue weighted by Crippen LogP contribution is 2.26. The molecule has 0 radical (unpaired) electrons. The molecule has 1 aromatic carbocycles. The Hall–Kier alpha value is -1.57. The first kappa shape index (κ1) is 16.8. The van der Waals surface area contributed by atoms with Crippen molar-refractivity contribution in [3.63, 3.8) is 0 Å². The van der Waals surface area contributed by atoms with Gasteiger partial charge in [0.15, 0.2) is 9.84 Å². The lowest BCUT2D eigenvalue weighted by Gasteiger charge is -2.17. The van der Waals surface area contributed by atoms with Gasteiger partial charge in [0, 0.05) is 19.5 Å². The van der Waals surface area contributed by atoms with E-state index >= 15 is 0 Å². The van der Waals surface area contributed by atoms with Crippen molar-refractivity contribution >= 4 is 15.7 Å². The van der Waals surface area contributed by atoms with E-state index in [4.69, 9.17) is 0 Å². The Morgan fingerprint density at radius 2 is 1.86 bits per heavy atom. The summed E-state index contributed by atoms with van der Waals surface area (Å²) >= 11 is 0. The fraction of sp³-hybridized carbons (Fsp3) is 0.500. The lowest BCUT2D eigenvalue weighted by molar-refractivity contribution is -0.148. The fourth-order valence-corrected chi connectivity index (χ4v) is 4.13. The summed E-state index contributed by atoms with van der Waals surface area (Å²) in [5, 5.41) is -0.760. The predicted molar refractivity (Wildman–Crippen MR) is 73.9 cm³/mol. The zero-order valence-corrected chi connectivity index (χ0v) is 12.5. The molecule has 1 unspecified atom stereocenters. The fourth-order valence-electron chi connectivity index (χ4n) is 2.42. The SMILES string of the molecule is O=C(CCC(F)(F)F)N1CCC(S(=O)(=O)c2ccccc2)C1. The maximum absolute atomic E-state index is 12.4. The summed E-state index contributed by atoms with van der Waals surface area (Å²) in [7, 11) is -3.56. The van der Waals surface area contributed by atoms with Crippen LogP contribution in [-0.4, -0.2) is 43.7 Å². The Bertz CT molecular complexity index is 628. The molecule has 1 fully saturated rings. The molecule has 2 rings (SSSR count). The number of sulfone groups is 1. The molecule has 0 bridgehead atoms. The topological polar surface area (TPSA) is 54.5 Å². The second-order valence-corrected chi connectivity index (χ2v) is 7.45. The number of carbonyl (C=O) groups excluding carboxylic acids is 1. The van der Waals surface area contributed by atoms with E-state index in [0.29, 0.717) is 0 Å². The molecule has 1 saturated heterocycles. The van der Waals surface area contributed by atoms with Gasteiger partial charge in [0.1, 0.15) is 0 Å². The minimum Gasteiger partial charge on any atom is -0.341 e. The Labute approximate surface area is 126 Å². The summed E-state index contributed by atoms with van der Waals surface area (Å²) in [4.78, 5) is 13.1. The number of benzene rings is 1. The van der Waals surface area contributed by atoms with Crippen LogP contribution in [0.4, 0.5) is 13.2 Å². The molecular formula is C14H16F3NO3S. The molecule has 0 aliphatic carbocycles. The summed E-state index contributed by atoms with van der Waals surface area (Å²) in [6, 6.07) is 7.86. The minimum absolute atomic E-state index is 0.0477. The Morgan fingerprint density at radius 1 is 1.23 bits per heavy atom. The molecular weight excluding hydrogens is 319 g/mol. The standard InChI is InChI=1S/C14H16F3NO3S/c15-14(16,17)8-6-13(19)18-9-7-12(10-18)22(20,21)11-4-2-1-3-5-11/h1-5,12H,6-10H2. The number of amides is 1. The first-order chi connectivity index (χ1) is 10.2. The van der Waals surface area contributed by atoms with E-state index in [-0.39, 0.29) is 24.4 Å². The van der Waals surface area contributed by atoms with Crippen molar-refractivity contribution in [3.8, 4) is 0 Å². The minimum atomic E-state index is -4.38. The molecule has 1 aliphatic rings. The van der Waals surface area contributed by atoms with Crippen LogP contribution in [0, 0.1) is 0 Å². The smallest absolute Gasteiger partial charge is 0.341 e. The molecule has 4 nitrogen and oxygen atoms in total. The van der Waals surface area contributed by atoms with Crippen LogP contribution in [-0.2, 0) is 14.6 Å². The van der Waals surface area contributed by atoms with Crippen molar-refractivity contribution in [2.45, 2.75) is 35.6 Å². The van der Waals surface area contributed by atoms with Gasteiger partial charge in [-0.25, -0.2) is 8.42 Å². The molecule has 1 aromatic rings. The summed E-state index contributed by atoms with van der Waals surface area (Å²) in [5.74, 6) is -0.650. The normalized spacial score (nSPS) is 19.4. The van der Waals surface area contributed by atoms with Gasteiger partial charge in [0.05, 0.1) is 16.6 Å². The van der Waals surface area contributed by atoms with Crippen LogP contribution in [0.5, 0.6) is 0 Å². The third-order valence-electron chi connectivity index (χ3n) is 3.63. The average molecular weight is 335 g/mol. The lowest BCUT2D eigenvalue weighted by atomic mass is 10.3. The molecule has 1 aliphatic heterocycles. The largest absolute Gasteiger partial charge is 0.389 e. The van der Waals surface area contributed by atoms with Gasteiger partial charge in [-0.05, 0) is 18.6 Å². The maximum atomic E-state index is 12.4. The number of hydrogen-bond acceptors (Lipinski definition) is 3. The van der Waals surface area contributed by atoms with E-state index in [1.165, 1.54) is 17.0 Å². The van der Waals surface area contributed by atoms with Crippen molar-refractivity contribution in [2.75, 3.05) is 13.1 Å². The average Bonchev–Trinajstić information content (AvgIpc) is 2.95. The number of nitrogens with zero attached hydrogens (tertiary/aromatic N) is 1. The summed E-state index contributed by atoms with van der Waals surface area (Å²) in [6.07, 6.45) is -5.96. The molecule has 0 N–H and O–H groups in total. The van der Waals surface area contributed by atoms with Crippen molar-refractivity contribution in [1.29, 1.82) is 0 Å². The highest BCUT2D eigenvalue weighted by molar-refractivity contribution is 7.92. The van der Waals surface area contributed by atoms with Crippen molar-refractivity contribution in [1.82, 2.24) is 4.90 Å². The molecule has 0 spiro atoms. The lowest BCUT2D eigenvalue weighted by Crippen LogP contribution is -2.32. The number of likely N-dealkylation sites (tertiary alicyclic amines) is 1. The van der Waals surface area contributed by atoms with Crippen LogP contribution >= 0.6 is 0 Å². The van der Waals surface area contributed by atoms with Crippen molar-refractivity contribution in [2.24, 2.45) is 0 Å². The van der Waals surface area contributed by atoms with Gasteiger partial charge in [0.25, 0.3) is 0 Å². The van der Waals surface area contributed by atoms with E-state index in [2.05, 4.69) is 0 Å². The molecule has 1 atom stereocenters. The quantitative estimate of drug-likeness (QED) is 0.849. The Balaban J connectivity index is 1.99. The van der Waals surface area contributed by atoms with E-state index in [0.717, 1.165) is 0 Å². The number of alkyl halides is 3. The third-order valence-corrected chi connectivity index (χ3v) is 5.82. The van der Waals surface area contributed by atoms with Gasteiger partial charge in [-0.2, -0.15) is 13.2 Å². The Morgan fingerprint density at radius 3 is 2.45 bits per heavy atom. The maximum Gasteiger partial charge on any atom is 0.389 e. The van der Waals surface area contributed by atoms with E-state index in [1.807, 2.05) is 0 Å². The number of carbonyl (C=O) groups is 1. The molecule has 122 valence electrons. The third kappa shape index (κ3) is 4.00. The highest BCUT2D eigenvalue weighted by atomic mass is 32.2. The van der Waals surface area contributed by atoms with Gasteiger partial charge in [0.2, 0.25) is 5.91 Å². The molecule has 1 heterocycles. The monoisotopic (exact) mass is 335 g/mol. The second kappa shape index (κ2) is 6.28. The first-order valence-electron chi connectivity index (χ1n) is 6.83. The van der Waals surface area contributed by atoms with Crippen LogP contribution in [0.3, 0.4) is 0 Å². The van der Waals surface area contributed by atoms with Crippen LogP contribution < -0.4 is 0 Å². The van der Waals surface area contributed by atoms with Gasteiger partial charge in [-0.3, -0.25) is 4.79 Å². The summed E-state index contributed by atoms with van der Waals surface area (Å²) in [6.45, 7) is 0.126. The predicted octanol–water partition coefficient (Wildman–Crippen LogP) is 2.40.